The molecule has 0 aromatic heterocycles. The van der Waals surface area contributed by atoms with E-state index in [0.717, 1.165) is 32.7 Å². The number of benzene rings is 1. The van der Waals surface area contributed by atoms with Crippen LogP contribution >= 0.6 is 0 Å². The molecule has 2 saturated heterocycles. The zero-order chi connectivity index (χ0) is 20.1. The van der Waals surface area contributed by atoms with E-state index in [2.05, 4.69) is 23.8 Å². The lowest BCUT2D eigenvalue weighted by Gasteiger charge is -2.47. The van der Waals surface area contributed by atoms with Gasteiger partial charge in [0.2, 0.25) is 0 Å². The Morgan fingerprint density at radius 1 is 1.18 bits per heavy atom. The summed E-state index contributed by atoms with van der Waals surface area (Å²) >= 11 is 0. The number of likely N-dealkylation sites (tertiary alicyclic amines) is 1. The number of unbranched alkanes of at least 4 members (excludes halogenated alkanes) is 1. The average Bonchev–Trinajstić information content (AvgIpc) is 3.18. The summed E-state index contributed by atoms with van der Waals surface area (Å²) in [5, 5.41) is 0. The number of sulfone groups is 1. The number of rotatable bonds is 8. The predicted octanol–water partition coefficient (Wildman–Crippen LogP) is 3.71. The molecule has 0 amide bonds. The molecule has 28 heavy (non-hydrogen) atoms. The van der Waals surface area contributed by atoms with Crippen LogP contribution in [0.25, 0.3) is 0 Å². The Balaban J connectivity index is 1.78. The number of nitrogens with zero attached hydrogens (tertiary/aromatic N) is 2. The predicted molar refractivity (Wildman–Crippen MR) is 113 cm³/mol. The Bertz CT molecular complexity index is 714. The van der Waals surface area contributed by atoms with Crippen LogP contribution in [0.3, 0.4) is 0 Å². The quantitative estimate of drug-likeness (QED) is 0.656. The Hall–Kier alpha value is -0.950. The normalized spacial score (nSPS) is 26.8. The molecule has 0 spiro atoms. The van der Waals surface area contributed by atoms with Crippen molar-refractivity contribution >= 4 is 9.84 Å². The fraction of sp³-hybridized carbons (Fsp3) is 0.727. The van der Waals surface area contributed by atoms with E-state index in [4.69, 9.17) is 4.74 Å². The van der Waals surface area contributed by atoms with Crippen LogP contribution in [0.5, 0.6) is 0 Å². The van der Waals surface area contributed by atoms with Crippen molar-refractivity contribution in [1.82, 2.24) is 9.80 Å². The van der Waals surface area contributed by atoms with Crippen LogP contribution in [0.1, 0.15) is 57.1 Å². The molecule has 3 rings (SSSR count). The third-order valence-electron chi connectivity index (χ3n) is 6.26. The molecular weight excluding hydrogens is 372 g/mol. The first-order valence-electron chi connectivity index (χ1n) is 10.7. The zero-order valence-corrected chi connectivity index (χ0v) is 18.5. The van der Waals surface area contributed by atoms with Crippen molar-refractivity contribution in [3.8, 4) is 0 Å². The second kappa shape index (κ2) is 9.70. The minimum absolute atomic E-state index is 0.362. The molecule has 3 atom stereocenters. The molecule has 3 unspecified atom stereocenters. The summed E-state index contributed by atoms with van der Waals surface area (Å²) < 4.78 is 29.2. The van der Waals surface area contributed by atoms with E-state index >= 15 is 0 Å². The van der Waals surface area contributed by atoms with Gasteiger partial charge in [0.05, 0.1) is 17.7 Å². The third kappa shape index (κ3) is 5.35. The van der Waals surface area contributed by atoms with E-state index in [1.54, 1.807) is 12.1 Å². The highest BCUT2D eigenvalue weighted by Gasteiger charge is 2.34. The van der Waals surface area contributed by atoms with E-state index < -0.39 is 9.84 Å². The van der Waals surface area contributed by atoms with Gasteiger partial charge in [-0.15, -0.1) is 0 Å². The first kappa shape index (κ1) is 21.8. The van der Waals surface area contributed by atoms with Crippen LogP contribution in [0, 0.1) is 5.92 Å². The van der Waals surface area contributed by atoms with Gasteiger partial charge in [-0.3, -0.25) is 9.80 Å². The van der Waals surface area contributed by atoms with Crippen LogP contribution in [0.15, 0.2) is 29.2 Å². The topological polar surface area (TPSA) is 49.9 Å². The van der Waals surface area contributed by atoms with E-state index in [1.165, 1.54) is 43.9 Å². The molecule has 0 radical (unpaired) electrons. The summed E-state index contributed by atoms with van der Waals surface area (Å²) in [7, 11) is -0.888. The van der Waals surface area contributed by atoms with Gasteiger partial charge < -0.3 is 4.74 Å². The second-order valence-corrected chi connectivity index (χ2v) is 10.5. The number of ether oxygens (including phenoxy) is 1. The van der Waals surface area contributed by atoms with Crippen molar-refractivity contribution in [3.05, 3.63) is 29.8 Å². The van der Waals surface area contributed by atoms with Gasteiger partial charge in [0.15, 0.2) is 9.84 Å². The molecule has 158 valence electrons. The van der Waals surface area contributed by atoms with Crippen LogP contribution in [-0.2, 0) is 14.6 Å². The van der Waals surface area contributed by atoms with E-state index in [1.807, 2.05) is 12.1 Å². The molecule has 0 N–H and O–H groups in total. The van der Waals surface area contributed by atoms with Crippen molar-refractivity contribution < 1.29 is 13.2 Å². The van der Waals surface area contributed by atoms with Crippen molar-refractivity contribution in [2.75, 3.05) is 39.6 Å². The monoisotopic (exact) mass is 408 g/mol. The van der Waals surface area contributed by atoms with E-state index in [0.29, 0.717) is 23.0 Å². The second-order valence-electron chi connectivity index (χ2n) is 8.53. The zero-order valence-electron chi connectivity index (χ0n) is 17.6. The molecule has 6 heteroatoms. The lowest BCUT2D eigenvalue weighted by molar-refractivity contribution is -0.0177. The lowest BCUT2D eigenvalue weighted by atomic mass is 9.92. The standard InChI is InChI=1S/C22H36N2O3S/c1-4-5-14-24-21(19-9-11-20(12-10-19)28(3,25)26)7-6-8-22(24)23(2)16-18-13-15-27-17-18/h9-12,18,21-22H,4-8,13-17H2,1-3H3. The van der Waals surface area contributed by atoms with Gasteiger partial charge in [-0.05, 0) is 62.8 Å². The Labute approximate surface area is 171 Å². The smallest absolute Gasteiger partial charge is 0.175 e. The van der Waals surface area contributed by atoms with E-state index in [-0.39, 0.29) is 0 Å². The number of hydrogen-bond acceptors (Lipinski definition) is 5. The maximum atomic E-state index is 11.8. The number of piperidine rings is 1. The van der Waals surface area contributed by atoms with Crippen LogP contribution < -0.4 is 0 Å². The fourth-order valence-corrected chi connectivity index (χ4v) is 5.33. The highest BCUT2D eigenvalue weighted by Crippen LogP contribution is 2.36. The SMILES string of the molecule is CCCCN1C(c2ccc(S(C)(=O)=O)cc2)CCCC1N(C)CC1CCOC1. The summed E-state index contributed by atoms with van der Waals surface area (Å²) in [6.45, 7) is 6.22. The molecular formula is C22H36N2O3S. The van der Waals surface area contributed by atoms with Gasteiger partial charge in [-0.25, -0.2) is 8.42 Å². The van der Waals surface area contributed by atoms with Crippen molar-refractivity contribution in [2.45, 2.75) is 62.6 Å². The van der Waals surface area contributed by atoms with Crippen molar-refractivity contribution in [3.63, 3.8) is 0 Å². The summed E-state index contributed by atoms with van der Waals surface area (Å²) in [6, 6.07) is 7.94. The largest absolute Gasteiger partial charge is 0.381 e. The molecule has 2 aliphatic rings. The lowest BCUT2D eigenvalue weighted by Crippen LogP contribution is -2.52. The van der Waals surface area contributed by atoms with E-state index in [9.17, 15) is 8.42 Å². The van der Waals surface area contributed by atoms with Gasteiger partial charge in [0, 0.05) is 32.0 Å². The molecule has 1 aromatic rings. The highest BCUT2D eigenvalue weighted by molar-refractivity contribution is 7.90. The Morgan fingerprint density at radius 3 is 2.54 bits per heavy atom. The third-order valence-corrected chi connectivity index (χ3v) is 7.39. The van der Waals surface area contributed by atoms with Crippen LogP contribution in [0.2, 0.25) is 0 Å². The molecule has 2 heterocycles. The summed E-state index contributed by atoms with van der Waals surface area (Å²) in [5.41, 5.74) is 1.24. The van der Waals surface area contributed by atoms with Gasteiger partial charge in [-0.2, -0.15) is 0 Å². The van der Waals surface area contributed by atoms with Gasteiger partial charge in [0.25, 0.3) is 0 Å². The molecule has 0 bridgehead atoms. The maximum Gasteiger partial charge on any atom is 0.175 e. The average molecular weight is 409 g/mol. The summed E-state index contributed by atoms with van der Waals surface area (Å²) in [4.78, 5) is 5.60. The fourth-order valence-electron chi connectivity index (χ4n) is 4.70. The molecule has 2 fully saturated rings. The summed E-state index contributed by atoms with van der Waals surface area (Å²) in [6.07, 6.45) is 8.80. The summed E-state index contributed by atoms with van der Waals surface area (Å²) in [5.74, 6) is 0.646. The van der Waals surface area contributed by atoms with Crippen molar-refractivity contribution in [1.29, 1.82) is 0 Å². The van der Waals surface area contributed by atoms with Crippen LogP contribution in [0.4, 0.5) is 0 Å². The maximum absolute atomic E-state index is 11.8. The minimum atomic E-state index is -3.15. The Kier molecular flexibility index (Phi) is 7.54. The van der Waals surface area contributed by atoms with Gasteiger partial charge in [0.1, 0.15) is 0 Å². The molecule has 0 saturated carbocycles. The van der Waals surface area contributed by atoms with Gasteiger partial charge >= 0.3 is 0 Å². The molecule has 1 aromatic carbocycles. The Morgan fingerprint density at radius 2 is 1.93 bits per heavy atom. The highest BCUT2D eigenvalue weighted by atomic mass is 32.2. The number of hydrogen-bond donors (Lipinski definition) is 0. The molecule has 0 aliphatic carbocycles. The molecule has 5 nitrogen and oxygen atoms in total. The van der Waals surface area contributed by atoms with Crippen LogP contribution in [-0.4, -0.2) is 64.0 Å². The van der Waals surface area contributed by atoms with Gasteiger partial charge in [-0.1, -0.05) is 25.5 Å². The van der Waals surface area contributed by atoms with Crippen molar-refractivity contribution in [2.24, 2.45) is 5.92 Å². The minimum Gasteiger partial charge on any atom is -0.381 e. The first-order valence-corrected chi connectivity index (χ1v) is 12.6. The first-order chi connectivity index (χ1) is 13.4. The molecule has 2 aliphatic heterocycles.